The molecule has 298 valence electrons. The van der Waals surface area contributed by atoms with E-state index in [1.807, 2.05) is 0 Å². The van der Waals surface area contributed by atoms with Crippen molar-refractivity contribution in [3.8, 4) is 6.07 Å². The number of pyridine rings is 1. The van der Waals surface area contributed by atoms with E-state index in [2.05, 4.69) is 34.2 Å². The molecule has 3 aromatic rings. The van der Waals surface area contributed by atoms with Crippen LogP contribution < -0.4 is 10.6 Å². The molecule has 0 radical (unpaired) electrons. The molecular weight excluding hydrogens is 857 g/mol. The van der Waals surface area contributed by atoms with Gasteiger partial charge in [-0.3, -0.25) is 22.8 Å². The molecule has 0 amide bonds. The predicted molar refractivity (Wildman–Crippen MR) is 182 cm³/mol. The molecule has 54 heavy (non-hydrogen) atoms. The molecule has 3 rings (SSSR count). The highest BCUT2D eigenvalue weighted by atomic mass is 32.3. The molecule has 0 bridgehead atoms. The van der Waals surface area contributed by atoms with Gasteiger partial charge in [-0.05, 0) is 36.6 Å². The van der Waals surface area contributed by atoms with E-state index in [4.69, 9.17) is 9.11 Å². The molecule has 0 atom stereocenters. The Hall–Kier alpha value is -4.04. The Morgan fingerprint density at radius 1 is 0.704 bits per heavy atom. The van der Waals surface area contributed by atoms with E-state index in [1.54, 1.807) is 6.07 Å². The smallest absolute Gasteiger partial charge is 0.368 e. The van der Waals surface area contributed by atoms with Crippen LogP contribution in [0.15, 0.2) is 49.2 Å². The molecule has 31 heteroatoms. The number of aromatic nitrogens is 1. The number of hydrogen-bond donors (Lipinski definition) is 7. The number of fused-ring (bicyclic) bond motifs is 1. The summed E-state index contributed by atoms with van der Waals surface area (Å²) in [7, 11) is -29.6. The lowest BCUT2D eigenvalue weighted by Crippen LogP contribution is -2.23. The van der Waals surface area contributed by atoms with E-state index < -0.39 is 141 Å². The molecule has 1 aromatic heterocycles. The fourth-order valence-electron chi connectivity index (χ4n) is 4.28. The fourth-order valence-corrected chi connectivity index (χ4v) is 7.92. The maximum absolute atomic E-state index is 12.4. The number of anilines is 2. The maximum atomic E-state index is 12.4. The average Bonchev–Trinajstić information content (AvgIpc) is 2.99. The van der Waals surface area contributed by atoms with E-state index in [-0.39, 0.29) is 16.9 Å². The third-order valence-electron chi connectivity index (χ3n) is 6.56. The first-order valence-corrected chi connectivity index (χ1v) is 22.7. The molecule has 0 fully saturated rings. The van der Waals surface area contributed by atoms with Crippen molar-refractivity contribution in [3.63, 3.8) is 0 Å². The summed E-state index contributed by atoms with van der Waals surface area (Å²) in [6.07, 6.45) is 0. The molecule has 7 N–H and O–H groups in total. The molecule has 0 saturated heterocycles. The van der Waals surface area contributed by atoms with Crippen LogP contribution in [-0.2, 0) is 69.4 Å². The van der Waals surface area contributed by atoms with Gasteiger partial charge in [-0.15, -0.1) is 10.2 Å². The molecule has 2 aromatic carbocycles. The molecular formula is C23H26N6O19S6. The number of hydrogen-bond acceptors (Lipinski definition) is 20. The van der Waals surface area contributed by atoms with Crippen LogP contribution in [0.4, 0.5) is 23.0 Å². The Bertz CT molecular complexity index is 2730. The molecule has 0 aliphatic heterocycles. The number of sulfone groups is 1. The standard InChI is InChI=1S/C23H26N6O19S6/c1-13-17(12-24)22(26-3-6-49(30,31)7-5-48-54(44,45)46)27-23(25-2-4-47-53(41,42)43)21(13)29-28-18-11-16-14(9-20(18)52(38,39)40)8-15(50(32,33)34)10-19(16)51(35,36)37/h8-11H,2-7H2,1H3,(H2,25,26,27)(H,32,33,34)(H,35,36,37)(H,38,39,40)(H,41,42,43)(H,44,45,46)/b29-28+. The lowest BCUT2D eigenvalue weighted by molar-refractivity contribution is 0.278. The lowest BCUT2D eigenvalue weighted by atomic mass is 10.1. The van der Waals surface area contributed by atoms with E-state index in [0.29, 0.717) is 24.3 Å². The highest BCUT2D eigenvalue weighted by Gasteiger charge is 2.25. The van der Waals surface area contributed by atoms with Crippen molar-refractivity contribution in [1.29, 1.82) is 5.26 Å². The fraction of sp³-hybridized carbons (Fsp3) is 0.304. The van der Waals surface area contributed by atoms with Gasteiger partial charge in [-0.1, -0.05) is 0 Å². The summed E-state index contributed by atoms with van der Waals surface area (Å²) in [5, 5.41) is 21.5. The number of benzene rings is 2. The van der Waals surface area contributed by atoms with E-state index in [0.717, 1.165) is 0 Å². The topological polar surface area (TPSA) is 410 Å². The lowest BCUT2D eigenvalue weighted by Gasteiger charge is -2.16. The van der Waals surface area contributed by atoms with Gasteiger partial charge in [0, 0.05) is 24.0 Å². The Morgan fingerprint density at radius 3 is 1.81 bits per heavy atom. The summed E-state index contributed by atoms with van der Waals surface area (Å²) in [4.78, 5) is 0.751. The Labute approximate surface area is 307 Å². The minimum Gasteiger partial charge on any atom is -0.368 e. The van der Waals surface area contributed by atoms with Gasteiger partial charge in [0.2, 0.25) is 0 Å². The SMILES string of the molecule is Cc1c(C#N)c(NCCS(=O)(=O)CCOS(=O)(=O)O)nc(NCCOS(=O)(=O)O)c1/N=N/c1cc2c(S(=O)(=O)O)cc(S(=O)(=O)O)cc2cc1S(=O)(=O)O. The molecule has 0 aliphatic carbocycles. The van der Waals surface area contributed by atoms with Gasteiger partial charge in [0.15, 0.2) is 15.7 Å². The summed E-state index contributed by atoms with van der Waals surface area (Å²) in [5.41, 5.74) is -1.74. The van der Waals surface area contributed by atoms with Crippen LogP contribution in [0.5, 0.6) is 0 Å². The number of rotatable bonds is 18. The third kappa shape index (κ3) is 12.5. The van der Waals surface area contributed by atoms with E-state index in [1.165, 1.54) is 6.92 Å². The van der Waals surface area contributed by atoms with Gasteiger partial charge in [-0.2, -0.15) is 47.4 Å². The van der Waals surface area contributed by atoms with Gasteiger partial charge < -0.3 is 10.6 Å². The van der Waals surface area contributed by atoms with Gasteiger partial charge in [-0.25, -0.2) is 21.8 Å². The maximum Gasteiger partial charge on any atom is 0.397 e. The van der Waals surface area contributed by atoms with Crippen LogP contribution in [-0.4, -0.2) is 116 Å². The van der Waals surface area contributed by atoms with Crippen molar-refractivity contribution in [2.75, 3.05) is 48.4 Å². The summed E-state index contributed by atoms with van der Waals surface area (Å²) in [6, 6.07) is 3.91. The zero-order chi connectivity index (χ0) is 41.1. The quantitative estimate of drug-likeness (QED) is 0.0518. The number of nitrogens with one attached hydrogen (secondary N) is 2. The van der Waals surface area contributed by atoms with Crippen LogP contribution in [0, 0.1) is 18.3 Å². The van der Waals surface area contributed by atoms with Gasteiger partial charge in [0.25, 0.3) is 30.4 Å². The molecule has 0 aliphatic rings. The van der Waals surface area contributed by atoms with Gasteiger partial charge in [0.05, 0.1) is 35.2 Å². The van der Waals surface area contributed by atoms with Crippen LogP contribution in [0.1, 0.15) is 11.1 Å². The van der Waals surface area contributed by atoms with Crippen LogP contribution in [0.2, 0.25) is 0 Å². The summed E-state index contributed by atoms with van der Waals surface area (Å²) >= 11 is 0. The number of nitrogens with zero attached hydrogens (tertiary/aromatic N) is 4. The van der Waals surface area contributed by atoms with Crippen molar-refractivity contribution in [2.24, 2.45) is 10.2 Å². The van der Waals surface area contributed by atoms with E-state index >= 15 is 0 Å². The van der Waals surface area contributed by atoms with Crippen molar-refractivity contribution in [2.45, 2.75) is 21.6 Å². The highest BCUT2D eigenvalue weighted by Crippen LogP contribution is 2.38. The summed E-state index contributed by atoms with van der Waals surface area (Å²) < 4.78 is 195. The van der Waals surface area contributed by atoms with E-state index in [9.17, 15) is 69.4 Å². The summed E-state index contributed by atoms with van der Waals surface area (Å²) in [5.74, 6) is -2.27. The minimum atomic E-state index is -5.30. The van der Waals surface area contributed by atoms with Crippen molar-refractivity contribution in [1.82, 2.24) is 4.98 Å². The zero-order valence-electron chi connectivity index (χ0n) is 26.7. The Balaban J connectivity index is 2.19. The van der Waals surface area contributed by atoms with Crippen molar-refractivity contribution in [3.05, 3.63) is 35.4 Å². The second kappa shape index (κ2) is 16.4. The Morgan fingerprint density at radius 2 is 1.28 bits per heavy atom. The Kier molecular flexibility index (Phi) is 13.4. The largest absolute Gasteiger partial charge is 0.397 e. The average molecular weight is 883 g/mol. The highest BCUT2D eigenvalue weighted by molar-refractivity contribution is 7.91. The minimum absolute atomic E-state index is 0.132. The first-order valence-electron chi connectivity index (χ1n) is 13.8. The molecule has 0 unspecified atom stereocenters. The molecule has 0 saturated carbocycles. The molecule has 25 nitrogen and oxygen atoms in total. The van der Waals surface area contributed by atoms with Crippen LogP contribution in [0.3, 0.4) is 0 Å². The molecule has 0 spiro atoms. The number of azo groups is 1. The normalized spacial score (nSPS) is 13.3. The first-order chi connectivity index (χ1) is 24.5. The predicted octanol–water partition coefficient (Wildman–Crippen LogP) is 0.448. The second-order valence-corrected chi connectivity index (χ2v) is 19.0. The van der Waals surface area contributed by atoms with Gasteiger partial charge >= 0.3 is 20.8 Å². The van der Waals surface area contributed by atoms with Crippen molar-refractivity contribution >= 4 is 94.8 Å². The van der Waals surface area contributed by atoms with Gasteiger partial charge in [0.1, 0.15) is 33.1 Å². The third-order valence-corrected chi connectivity index (χ3v) is 11.7. The van der Waals surface area contributed by atoms with Crippen LogP contribution in [0.25, 0.3) is 10.8 Å². The molecule has 1 heterocycles. The zero-order valence-corrected chi connectivity index (χ0v) is 31.6. The monoisotopic (exact) mass is 882 g/mol. The van der Waals surface area contributed by atoms with Crippen molar-refractivity contribution < 1.29 is 81.6 Å². The first kappa shape index (κ1) is 44.4. The summed E-state index contributed by atoms with van der Waals surface area (Å²) in [6.45, 7) is -1.38. The number of nitriles is 1. The second-order valence-electron chi connectivity index (χ2n) is 10.4. The van der Waals surface area contributed by atoms with Crippen LogP contribution >= 0.6 is 0 Å².